The van der Waals surface area contributed by atoms with E-state index in [1.165, 1.54) is 6.33 Å². The molecule has 1 aliphatic heterocycles. The van der Waals surface area contributed by atoms with Gasteiger partial charge >= 0.3 is 0 Å². The van der Waals surface area contributed by atoms with E-state index in [0.717, 1.165) is 37.3 Å². The number of nitrogens with two attached hydrogens (primary N) is 1. The van der Waals surface area contributed by atoms with Crippen molar-refractivity contribution in [2.45, 2.75) is 12.8 Å². The molecule has 0 spiro atoms. The minimum Gasteiger partial charge on any atom is -0.384 e. The summed E-state index contributed by atoms with van der Waals surface area (Å²) in [5.41, 5.74) is 7.95. The molecule has 1 aliphatic rings. The Labute approximate surface area is 135 Å². The van der Waals surface area contributed by atoms with Gasteiger partial charge in [-0.25, -0.2) is 9.97 Å². The number of amides is 1. The molecule has 120 valence electrons. The van der Waals surface area contributed by atoms with Crippen LogP contribution in [0.2, 0.25) is 0 Å². The Morgan fingerprint density at radius 2 is 1.96 bits per heavy atom. The smallest absolute Gasteiger partial charge is 0.251 e. The number of benzene rings is 1. The number of nitrogens with one attached hydrogen (secondary N) is 1. The van der Waals surface area contributed by atoms with Crippen LogP contribution in [0.3, 0.4) is 0 Å². The first-order valence-electron chi connectivity index (χ1n) is 7.76. The number of carbonyl (C=O) groups excluding carboxylic acids is 1. The van der Waals surface area contributed by atoms with Gasteiger partial charge in [-0.2, -0.15) is 0 Å². The third-order valence-corrected chi connectivity index (χ3v) is 4.02. The van der Waals surface area contributed by atoms with Crippen LogP contribution in [0.4, 0.5) is 5.82 Å². The third-order valence-electron chi connectivity index (χ3n) is 4.02. The van der Waals surface area contributed by atoms with Crippen molar-refractivity contribution in [3.63, 3.8) is 0 Å². The quantitative estimate of drug-likeness (QED) is 0.899. The summed E-state index contributed by atoms with van der Waals surface area (Å²) in [5.74, 6) is 0.884. The van der Waals surface area contributed by atoms with Crippen LogP contribution in [-0.2, 0) is 4.74 Å². The van der Waals surface area contributed by atoms with Crippen LogP contribution in [0.15, 0.2) is 36.7 Å². The number of nitrogen functional groups attached to an aromatic ring is 1. The van der Waals surface area contributed by atoms with E-state index in [9.17, 15) is 4.79 Å². The third kappa shape index (κ3) is 4.04. The van der Waals surface area contributed by atoms with Crippen LogP contribution in [0.25, 0.3) is 11.3 Å². The second kappa shape index (κ2) is 7.19. The van der Waals surface area contributed by atoms with Gasteiger partial charge in [0.1, 0.15) is 12.1 Å². The van der Waals surface area contributed by atoms with Crippen molar-refractivity contribution < 1.29 is 9.53 Å². The highest BCUT2D eigenvalue weighted by Gasteiger charge is 2.15. The number of hydrogen-bond acceptors (Lipinski definition) is 5. The zero-order chi connectivity index (χ0) is 16.1. The lowest BCUT2D eigenvalue weighted by Gasteiger charge is -2.22. The number of ether oxygens (including phenoxy) is 1. The maximum atomic E-state index is 12.2. The first kappa shape index (κ1) is 15.4. The summed E-state index contributed by atoms with van der Waals surface area (Å²) in [7, 11) is 0. The number of hydrogen-bond donors (Lipinski definition) is 2. The van der Waals surface area contributed by atoms with E-state index in [1.54, 1.807) is 18.2 Å². The largest absolute Gasteiger partial charge is 0.384 e. The molecule has 1 aromatic carbocycles. The molecule has 1 amide bonds. The van der Waals surface area contributed by atoms with Gasteiger partial charge in [0.15, 0.2) is 0 Å². The van der Waals surface area contributed by atoms with Crippen LogP contribution < -0.4 is 11.1 Å². The molecule has 3 rings (SSSR count). The van der Waals surface area contributed by atoms with E-state index < -0.39 is 0 Å². The Balaban J connectivity index is 1.61. The van der Waals surface area contributed by atoms with Crippen molar-refractivity contribution in [2.75, 3.05) is 25.5 Å². The van der Waals surface area contributed by atoms with Gasteiger partial charge in [0.25, 0.3) is 5.91 Å². The van der Waals surface area contributed by atoms with E-state index in [0.29, 0.717) is 23.8 Å². The summed E-state index contributed by atoms with van der Waals surface area (Å²) in [6.07, 6.45) is 3.45. The molecule has 2 aromatic rings. The molecule has 0 radical (unpaired) electrons. The predicted octanol–water partition coefficient (Wildman–Crippen LogP) is 1.88. The van der Waals surface area contributed by atoms with Crippen molar-refractivity contribution in [3.05, 3.63) is 42.2 Å². The highest BCUT2D eigenvalue weighted by atomic mass is 16.5. The number of aromatic nitrogens is 2. The Bertz CT molecular complexity index is 667. The van der Waals surface area contributed by atoms with Crippen molar-refractivity contribution >= 4 is 11.7 Å². The van der Waals surface area contributed by atoms with E-state index in [4.69, 9.17) is 10.5 Å². The highest BCUT2D eigenvalue weighted by Crippen LogP contribution is 2.18. The van der Waals surface area contributed by atoms with Gasteiger partial charge in [0.2, 0.25) is 0 Å². The number of nitrogens with zero attached hydrogens (tertiary/aromatic N) is 2. The number of anilines is 1. The first-order chi connectivity index (χ1) is 11.2. The molecule has 2 heterocycles. The Morgan fingerprint density at radius 1 is 1.22 bits per heavy atom. The van der Waals surface area contributed by atoms with Gasteiger partial charge < -0.3 is 15.8 Å². The zero-order valence-corrected chi connectivity index (χ0v) is 12.9. The lowest BCUT2D eigenvalue weighted by Crippen LogP contribution is -2.32. The van der Waals surface area contributed by atoms with E-state index in [-0.39, 0.29) is 5.91 Å². The molecule has 0 aliphatic carbocycles. The minimum atomic E-state index is -0.0507. The van der Waals surface area contributed by atoms with Crippen LogP contribution in [0, 0.1) is 5.92 Å². The van der Waals surface area contributed by atoms with Crippen molar-refractivity contribution in [3.8, 4) is 11.3 Å². The van der Waals surface area contributed by atoms with Crippen LogP contribution in [-0.4, -0.2) is 35.6 Å². The molecule has 0 unspecified atom stereocenters. The summed E-state index contributed by atoms with van der Waals surface area (Å²) in [6.45, 7) is 2.28. The van der Waals surface area contributed by atoms with E-state index in [2.05, 4.69) is 15.3 Å². The SMILES string of the molecule is Nc1cc(-c2ccc(C(=O)NCC3CCOCC3)cc2)ncn1. The standard InChI is InChI=1S/C17H20N4O2/c18-16-9-15(20-11-21-16)13-1-3-14(4-2-13)17(22)19-10-12-5-7-23-8-6-12/h1-4,9,11-12H,5-8,10H2,(H,19,22)(H2,18,20,21). The average molecular weight is 312 g/mol. The van der Waals surface area contributed by atoms with Crippen LogP contribution in [0.5, 0.6) is 0 Å². The molecule has 1 fully saturated rings. The molecular weight excluding hydrogens is 292 g/mol. The lowest BCUT2D eigenvalue weighted by atomic mass is 10.0. The molecule has 6 heteroatoms. The molecule has 1 saturated heterocycles. The first-order valence-corrected chi connectivity index (χ1v) is 7.76. The molecular formula is C17H20N4O2. The topological polar surface area (TPSA) is 90.1 Å². The fourth-order valence-corrected chi connectivity index (χ4v) is 2.61. The van der Waals surface area contributed by atoms with Crippen LogP contribution >= 0.6 is 0 Å². The van der Waals surface area contributed by atoms with Gasteiger partial charge in [0.05, 0.1) is 5.69 Å². The monoisotopic (exact) mass is 312 g/mol. The zero-order valence-electron chi connectivity index (χ0n) is 12.9. The van der Waals surface area contributed by atoms with E-state index in [1.807, 2.05) is 12.1 Å². The summed E-state index contributed by atoms with van der Waals surface area (Å²) in [5, 5.41) is 3.00. The number of carbonyl (C=O) groups is 1. The molecule has 6 nitrogen and oxygen atoms in total. The molecule has 1 aromatic heterocycles. The second-order valence-corrected chi connectivity index (χ2v) is 5.67. The Morgan fingerprint density at radius 3 is 2.65 bits per heavy atom. The normalized spacial score (nSPS) is 15.3. The molecule has 0 bridgehead atoms. The molecule has 23 heavy (non-hydrogen) atoms. The summed E-state index contributed by atoms with van der Waals surface area (Å²) in [4.78, 5) is 20.3. The van der Waals surface area contributed by atoms with Crippen LogP contribution in [0.1, 0.15) is 23.2 Å². The maximum absolute atomic E-state index is 12.2. The summed E-state index contributed by atoms with van der Waals surface area (Å²) in [6, 6.07) is 9.04. The van der Waals surface area contributed by atoms with Gasteiger partial charge in [-0.15, -0.1) is 0 Å². The lowest BCUT2D eigenvalue weighted by molar-refractivity contribution is 0.0642. The summed E-state index contributed by atoms with van der Waals surface area (Å²) >= 11 is 0. The van der Waals surface area contributed by atoms with Crippen molar-refractivity contribution in [2.24, 2.45) is 5.92 Å². The summed E-state index contributed by atoms with van der Waals surface area (Å²) < 4.78 is 5.32. The molecule has 0 atom stereocenters. The number of rotatable bonds is 4. The van der Waals surface area contributed by atoms with Gasteiger partial charge in [-0.1, -0.05) is 12.1 Å². The van der Waals surface area contributed by atoms with Gasteiger partial charge in [0, 0.05) is 37.0 Å². The second-order valence-electron chi connectivity index (χ2n) is 5.67. The van der Waals surface area contributed by atoms with Crippen molar-refractivity contribution in [1.82, 2.24) is 15.3 Å². The average Bonchev–Trinajstić information content (AvgIpc) is 2.61. The fraction of sp³-hybridized carbons (Fsp3) is 0.353. The highest BCUT2D eigenvalue weighted by molar-refractivity contribution is 5.94. The van der Waals surface area contributed by atoms with Gasteiger partial charge in [-0.05, 0) is 30.9 Å². The molecule has 3 N–H and O–H groups in total. The molecule has 0 saturated carbocycles. The van der Waals surface area contributed by atoms with Crippen molar-refractivity contribution in [1.29, 1.82) is 0 Å². The maximum Gasteiger partial charge on any atom is 0.251 e. The Kier molecular flexibility index (Phi) is 4.83. The fourth-order valence-electron chi connectivity index (χ4n) is 2.61. The van der Waals surface area contributed by atoms with Gasteiger partial charge in [-0.3, -0.25) is 4.79 Å². The predicted molar refractivity (Wildman–Crippen MR) is 87.8 cm³/mol. The van der Waals surface area contributed by atoms with E-state index >= 15 is 0 Å². The Hall–Kier alpha value is -2.47. The minimum absolute atomic E-state index is 0.0507.